The first kappa shape index (κ1) is 22.2. The molecule has 0 bridgehead atoms. The van der Waals surface area contributed by atoms with Crippen molar-refractivity contribution in [2.24, 2.45) is 0 Å². The molecule has 2 aliphatic heterocycles. The molecule has 0 spiro atoms. The summed E-state index contributed by atoms with van der Waals surface area (Å²) in [6, 6.07) is 11.5. The van der Waals surface area contributed by atoms with E-state index in [1.807, 2.05) is 26.0 Å². The average molecular weight is 500 g/mol. The lowest BCUT2D eigenvalue weighted by molar-refractivity contribution is -0.117. The van der Waals surface area contributed by atoms with Gasteiger partial charge in [-0.25, -0.2) is 4.98 Å². The van der Waals surface area contributed by atoms with Crippen LogP contribution in [0.15, 0.2) is 66.2 Å². The van der Waals surface area contributed by atoms with E-state index < -0.39 is 23.5 Å². The van der Waals surface area contributed by atoms with E-state index in [9.17, 15) is 14.7 Å². The lowest BCUT2D eigenvalue weighted by Crippen LogP contribution is -2.31. The lowest BCUT2D eigenvalue weighted by Gasteiger charge is -2.24. The lowest BCUT2D eigenvalue weighted by atomic mass is 9.93. The Morgan fingerprint density at radius 2 is 1.92 bits per heavy atom. The number of anilines is 1. The molecule has 0 saturated carbocycles. The Balaban J connectivity index is 1.48. The van der Waals surface area contributed by atoms with Gasteiger partial charge in [0.1, 0.15) is 13.2 Å². The molecule has 0 saturated heterocycles. The van der Waals surface area contributed by atoms with Gasteiger partial charge in [0.2, 0.25) is 0 Å². The summed E-state index contributed by atoms with van der Waals surface area (Å²) in [6.45, 7) is 4.78. The second-order valence-electron chi connectivity index (χ2n) is 8.74. The maximum Gasteiger partial charge on any atom is 0.296 e. The van der Waals surface area contributed by atoms with Crippen LogP contribution in [0.5, 0.6) is 11.5 Å². The minimum Gasteiger partial charge on any atom is -0.503 e. The van der Waals surface area contributed by atoms with Crippen molar-refractivity contribution >= 4 is 38.4 Å². The third-order valence-corrected chi connectivity index (χ3v) is 7.28. The van der Waals surface area contributed by atoms with Gasteiger partial charge in [0.25, 0.3) is 5.91 Å². The topological polar surface area (TPSA) is 102 Å². The van der Waals surface area contributed by atoms with Gasteiger partial charge in [0.15, 0.2) is 28.2 Å². The number of aromatic nitrogens is 2. The summed E-state index contributed by atoms with van der Waals surface area (Å²) in [5.41, 5.74) is 3.69. The van der Waals surface area contributed by atoms with Crippen molar-refractivity contribution in [2.45, 2.75) is 19.9 Å². The molecule has 2 aliphatic rings. The number of ether oxygens (including phenoxy) is 2. The highest BCUT2D eigenvalue weighted by atomic mass is 32.1. The van der Waals surface area contributed by atoms with Crippen molar-refractivity contribution in [1.82, 2.24) is 9.97 Å². The molecular formula is C27H21N3O5S. The Morgan fingerprint density at radius 3 is 2.69 bits per heavy atom. The van der Waals surface area contributed by atoms with E-state index >= 15 is 0 Å². The Morgan fingerprint density at radius 1 is 1.11 bits per heavy atom. The number of hydrogen-bond acceptors (Lipinski definition) is 8. The molecule has 0 aliphatic carbocycles. The highest BCUT2D eigenvalue weighted by Crippen LogP contribution is 2.45. The summed E-state index contributed by atoms with van der Waals surface area (Å²) in [5, 5.41) is 11.4. The molecule has 1 unspecified atom stereocenters. The molecule has 1 atom stereocenters. The van der Waals surface area contributed by atoms with Crippen LogP contribution < -0.4 is 14.4 Å². The number of aliphatic hydroxyl groups is 1. The first-order valence-electron chi connectivity index (χ1n) is 11.4. The Labute approximate surface area is 210 Å². The normalized spacial score (nSPS) is 17.2. The van der Waals surface area contributed by atoms with Gasteiger partial charge in [0.05, 0.1) is 21.8 Å². The molecule has 0 fully saturated rings. The van der Waals surface area contributed by atoms with Crippen LogP contribution in [0.25, 0.3) is 10.2 Å². The van der Waals surface area contributed by atoms with Crippen LogP contribution in [0.2, 0.25) is 0 Å². The number of pyridine rings is 1. The number of thiazole rings is 1. The van der Waals surface area contributed by atoms with Crippen LogP contribution in [-0.4, -0.2) is 40.0 Å². The highest BCUT2D eigenvalue weighted by Gasteiger charge is 2.46. The van der Waals surface area contributed by atoms with Gasteiger partial charge in [0, 0.05) is 18.0 Å². The van der Waals surface area contributed by atoms with Crippen molar-refractivity contribution in [1.29, 1.82) is 0 Å². The SMILES string of the molecule is Cc1cc(C)c2nc(N3C(=O)C(O)=C(C(=O)c4ccc5c(c4)OCCO5)C3c3cccnc3)sc2c1. The molecule has 9 heteroatoms. The van der Waals surface area contributed by atoms with Crippen molar-refractivity contribution in [3.8, 4) is 11.5 Å². The summed E-state index contributed by atoms with van der Waals surface area (Å²) >= 11 is 1.34. The largest absolute Gasteiger partial charge is 0.503 e. The number of amides is 1. The summed E-state index contributed by atoms with van der Waals surface area (Å²) in [4.78, 5) is 37.6. The van der Waals surface area contributed by atoms with E-state index in [0.29, 0.717) is 35.4 Å². The summed E-state index contributed by atoms with van der Waals surface area (Å²) in [7, 11) is 0. The smallest absolute Gasteiger partial charge is 0.296 e. The van der Waals surface area contributed by atoms with Gasteiger partial charge in [-0.2, -0.15) is 0 Å². The zero-order valence-electron chi connectivity index (χ0n) is 19.5. The van der Waals surface area contributed by atoms with Gasteiger partial charge in [-0.1, -0.05) is 23.5 Å². The third-order valence-electron chi connectivity index (χ3n) is 6.28. The number of nitrogens with zero attached hydrogens (tertiary/aromatic N) is 3. The van der Waals surface area contributed by atoms with Crippen molar-refractivity contribution in [2.75, 3.05) is 18.1 Å². The molecule has 0 radical (unpaired) electrons. The van der Waals surface area contributed by atoms with Crippen LogP contribution >= 0.6 is 11.3 Å². The highest BCUT2D eigenvalue weighted by molar-refractivity contribution is 7.22. The minimum atomic E-state index is -0.895. The zero-order chi connectivity index (χ0) is 25.0. The van der Waals surface area contributed by atoms with Gasteiger partial charge in [-0.05, 0) is 60.9 Å². The Kier molecular flexibility index (Phi) is 5.22. The monoisotopic (exact) mass is 499 g/mol. The van der Waals surface area contributed by atoms with Gasteiger partial charge in [-0.15, -0.1) is 0 Å². The third kappa shape index (κ3) is 3.51. The number of hydrogen-bond donors (Lipinski definition) is 1. The van der Waals surface area contributed by atoms with Crippen molar-refractivity contribution in [3.05, 3.63) is 88.4 Å². The van der Waals surface area contributed by atoms with Crippen molar-refractivity contribution in [3.63, 3.8) is 0 Å². The predicted octanol–water partition coefficient (Wildman–Crippen LogP) is 4.86. The second-order valence-corrected chi connectivity index (χ2v) is 9.75. The quantitative estimate of drug-likeness (QED) is 0.400. The first-order valence-corrected chi connectivity index (χ1v) is 12.2. The van der Waals surface area contributed by atoms with E-state index in [1.54, 1.807) is 42.7 Å². The standard InChI is InChI=1S/C27H21N3O5S/c1-14-10-15(2)22-20(11-14)36-27(29-22)30-23(17-4-3-7-28-13-17)21(25(32)26(30)33)24(31)16-5-6-18-19(12-16)35-9-8-34-18/h3-7,10-13,23,32H,8-9H2,1-2H3. The predicted molar refractivity (Wildman–Crippen MR) is 135 cm³/mol. The number of carbonyl (C=O) groups is 2. The molecule has 6 rings (SSSR count). The molecular weight excluding hydrogens is 478 g/mol. The molecule has 2 aromatic carbocycles. The average Bonchev–Trinajstić information content (AvgIpc) is 3.42. The van der Waals surface area contributed by atoms with Crippen molar-refractivity contribution < 1.29 is 24.2 Å². The molecule has 1 amide bonds. The van der Waals surface area contributed by atoms with Crippen LogP contribution in [0, 0.1) is 13.8 Å². The van der Waals surface area contributed by atoms with Gasteiger partial charge in [-0.3, -0.25) is 19.5 Å². The zero-order valence-corrected chi connectivity index (χ0v) is 20.3. The van der Waals surface area contributed by atoms with Crippen LogP contribution in [0.4, 0.5) is 5.13 Å². The van der Waals surface area contributed by atoms with E-state index in [2.05, 4.69) is 4.98 Å². The van der Waals surface area contributed by atoms with Crippen LogP contribution in [-0.2, 0) is 4.79 Å². The Bertz CT molecular complexity index is 1580. The molecule has 180 valence electrons. The molecule has 8 nitrogen and oxygen atoms in total. The first-order chi connectivity index (χ1) is 17.4. The number of aliphatic hydroxyl groups excluding tert-OH is 1. The number of carbonyl (C=O) groups excluding carboxylic acids is 2. The van der Waals surface area contributed by atoms with Crippen LogP contribution in [0.1, 0.15) is 33.1 Å². The number of rotatable bonds is 4. The van der Waals surface area contributed by atoms with Gasteiger partial charge >= 0.3 is 0 Å². The molecule has 4 heterocycles. The summed E-state index contributed by atoms with van der Waals surface area (Å²) < 4.78 is 12.1. The number of ketones is 1. The fourth-order valence-corrected chi connectivity index (χ4v) is 5.86. The number of fused-ring (bicyclic) bond motifs is 2. The molecule has 4 aromatic rings. The molecule has 36 heavy (non-hydrogen) atoms. The number of aryl methyl sites for hydroxylation is 2. The number of Topliss-reactive ketones (excluding diaryl/α,β-unsaturated/α-hetero) is 1. The van der Waals surface area contributed by atoms with E-state index in [1.165, 1.54) is 16.2 Å². The van der Waals surface area contributed by atoms with Gasteiger partial charge < -0.3 is 14.6 Å². The molecule has 2 aromatic heterocycles. The number of benzene rings is 2. The summed E-state index contributed by atoms with van der Waals surface area (Å²) in [6.07, 6.45) is 3.20. The fourth-order valence-electron chi connectivity index (χ4n) is 4.69. The minimum absolute atomic E-state index is 0.0307. The summed E-state index contributed by atoms with van der Waals surface area (Å²) in [5.74, 6) is -0.774. The van der Waals surface area contributed by atoms with E-state index in [4.69, 9.17) is 14.5 Å². The Hall–Kier alpha value is -4.24. The van der Waals surface area contributed by atoms with Crippen LogP contribution in [0.3, 0.4) is 0 Å². The molecule has 1 N–H and O–H groups in total. The fraction of sp³-hybridized carbons (Fsp3) is 0.185. The van der Waals surface area contributed by atoms with E-state index in [0.717, 1.165) is 21.3 Å². The maximum atomic E-state index is 13.8. The van der Waals surface area contributed by atoms with E-state index in [-0.39, 0.29) is 11.1 Å². The second kappa shape index (κ2) is 8.46. The maximum absolute atomic E-state index is 13.8.